The second kappa shape index (κ2) is 10.0. The molecule has 3 rings (SSSR count). The third kappa shape index (κ3) is 5.46. The fourth-order valence-electron chi connectivity index (χ4n) is 2.75. The van der Waals surface area contributed by atoms with Crippen molar-refractivity contribution in [1.29, 1.82) is 0 Å². The molecule has 2 amide bonds. The zero-order chi connectivity index (χ0) is 21.5. The van der Waals surface area contributed by atoms with Crippen LogP contribution >= 0.6 is 11.8 Å². The van der Waals surface area contributed by atoms with E-state index in [1.54, 1.807) is 49.6 Å². The highest BCUT2D eigenvalue weighted by atomic mass is 32.2. The van der Waals surface area contributed by atoms with Gasteiger partial charge in [0.15, 0.2) is 0 Å². The van der Waals surface area contributed by atoms with E-state index in [0.29, 0.717) is 30.2 Å². The molecule has 2 aromatic carbocycles. The number of hydrogen-bond acceptors (Lipinski definition) is 7. The summed E-state index contributed by atoms with van der Waals surface area (Å²) in [5, 5.41) is 10.4. The minimum atomic E-state index is -0.447. The van der Waals surface area contributed by atoms with Gasteiger partial charge in [-0.1, -0.05) is 12.1 Å². The predicted octanol–water partition coefficient (Wildman–Crippen LogP) is 4.25. The third-order valence-corrected chi connectivity index (χ3v) is 5.24. The van der Waals surface area contributed by atoms with Crippen LogP contribution in [0.5, 0.6) is 5.75 Å². The van der Waals surface area contributed by atoms with Crippen molar-refractivity contribution < 1.29 is 24.0 Å². The zero-order valence-electron chi connectivity index (χ0n) is 16.3. The maximum absolute atomic E-state index is 12.4. The average molecular weight is 428 g/mol. The van der Waals surface area contributed by atoms with Crippen molar-refractivity contribution in [2.24, 2.45) is 0 Å². The number of hydrogen-bond donors (Lipinski definition) is 0. The van der Waals surface area contributed by atoms with E-state index in [1.165, 1.54) is 17.0 Å². The highest BCUT2D eigenvalue weighted by molar-refractivity contribution is 8.18. The number of carbonyl (C=O) groups excluding carboxylic acids is 2. The molecule has 0 spiro atoms. The number of thioether (sulfide) groups is 1. The minimum Gasteiger partial charge on any atom is -0.489 e. The van der Waals surface area contributed by atoms with E-state index in [4.69, 9.17) is 9.47 Å². The second-order valence-corrected chi connectivity index (χ2v) is 7.45. The van der Waals surface area contributed by atoms with Crippen LogP contribution < -0.4 is 4.74 Å². The van der Waals surface area contributed by atoms with Gasteiger partial charge < -0.3 is 9.47 Å². The molecule has 0 aliphatic carbocycles. The lowest BCUT2D eigenvalue weighted by atomic mass is 10.2. The maximum Gasteiger partial charge on any atom is 0.293 e. The molecular weight excluding hydrogens is 408 g/mol. The normalized spacial score (nSPS) is 15.1. The molecule has 2 aromatic rings. The monoisotopic (exact) mass is 428 g/mol. The smallest absolute Gasteiger partial charge is 0.293 e. The largest absolute Gasteiger partial charge is 0.489 e. The van der Waals surface area contributed by atoms with Crippen LogP contribution in [0.4, 0.5) is 10.5 Å². The average Bonchev–Trinajstić information content (AvgIpc) is 3.01. The summed E-state index contributed by atoms with van der Waals surface area (Å²) in [6, 6.07) is 13.3. The van der Waals surface area contributed by atoms with Gasteiger partial charge in [-0.3, -0.25) is 24.6 Å². The molecule has 0 atom stereocenters. The molecule has 0 radical (unpaired) electrons. The Balaban J connectivity index is 1.58. The number of benzene rings is 2. The molecular formula is C21H20N2O6S. The summed E-state index contributed by atoms with van der Waals surface area (Å²) in [7, 11) is 1.58. The summed E-state index contributed by atoms with van der Waals surface area (Å²) in [5.41, 5.74) is 1.62. The van der Waals surface area contributed by atoms with Gasteiger partial charge in [0.1, 0.15) is 12.4 Å². The molecule has 1 aliphatic rings. The number of nitro groups is 1. The van der Waals surface area contributed by atoms with Crippen molar-refractivity contribution in [2.45, 2.75) is 13.0 Å². The van der Waals surface area contributed by atoms with Crippen LogP contribution in [0.2, 0.25) is 0 Å². The zero-order valence-corrected chi connectivity index (χ0v) is 17.1. The molecule has 0 unspecified atom stereocenters. The Morgan fingerprint density at radius 2 is 1.80 bits per heavy atom. The van der Waals surface area contributed by atoms with Crippen LogP contribution in [0.3, 0.4) is 0 Å². The van der Waals surface area contributed by atoms with Crippen molar-refractivity contribution in [3.63, 3.8) is 0 Å². The van der Waals surface area contributed by atoms with Gasteiger partial charge in [-0.05, 0) is 59.7 Å². The topological polar surface area (TPSA) is 99.0 Å². The van der Waals surface area contributed by atoms with Crippen LogP contribution in [0.15, 0.2) is 53.4 Å². The Bertz CT molecular complexity index is 956. The van der Waals surface area contributed by atoms with Crippen molar-refractivity contribution in [3.8, 4) is 5.75 Å². The van der Waals surface area contributed by atoms with Crippen LogP contribution in [0.25, 0.3) is 6.08 Å². The lowest BCUT2D eigenvalue weighted by Crippen LogP contribution is -2.29. The molecule has 0 aromatic heterocycles. The first-order chi connectivity index (χ1) is 14.5. The molecule has 8 nitrogen and oxygen atoms in total. The summed E-state index contributed by atoms with van der Waals surface area (Å²) in [6.45, 7) is 1.10. The molecule has 1 saturated heterocycles. The fraction of sp³-hybridized carbons (Fsp3) is 0.238. The number of amides is 2. The number of rotatable bonds is 9. The molecule has 0 saturated carbocycles. The SMILES string of the molecule is COCCCN1C(=O)S/C(=C/c2ccc(OCc3ccc([N+](=O)[O-])cc3)cc2)C1=O. The number of nitro benzene ring substituents is 1. The molecule has 1 heterocycles. The molecule has 9 heteroatoms. The van der Waals surface area contributed by atoms with Gasteiger partial charge in [-0.15, -0.1) is 0 Å². The standard InChI is InChI=1S/C21H20N2O6S/c1-28-12-2-11-22-20(24)19(30-21(22)25)13-15-5-9-18(10-6-15)29-14-16-3-7-17(8-4-16)23(26)27/h3-10,13H,2,11-12,14H2,1H3/b19-13+. The Hall–Kier alpha value is -3.17. The number of ether oxygens (including phenoxy) is 2. The summed E-state index contributed by atoms with van der Waals surface area (Å²) in [4.78, 5) is 36.3. The van der Waals surface area contributed by atoms with Gasteiger partial charge in [0.05, 0.1) is 9.83 Å². The number of nitrogens with zero attached hydrogens (tertiary/aromatic N) is 2. The third-order valence-electron chi connectivity index (χ3n) is 4.33. The van der Waals surface area contributed by atoms with E-state index in [2.05, 4.69) is 0 Å². The molecule has 30 heavy (non-hydrogen) atoms. The van der Waals surface area contributed by atoms with Gasteiger partial charge in [-0.2, -0.15) is 0 Å². The van der Waals surface area contributed by atoms with Gasteiger partial charge in [0.2, 0.25) is 0 Å². The lowest BCUT2D eigenvalue weighted by molar-refractivity contribution is -0.384. The van der Waals surface area contributed by atoms with Crippen LogP contribution in [0.1, 0.15) is 17.5 Å². The van der Waals surface area contributed by atoms with Crippen molar-refractivity contribution in [1.82, 2.24) is 4.90 Å². The van der Waals surface area contributed by atoms with Crippen molar-refractivity contribution in [3.05, 3.63) is 74.7 Å². The number of carbonyl (C=O) groups is 2. The number of methoxy groups -OCH3 is 1. The summed E-state index contributed by atoms with van der Waals surface area (Å²) in [5.74, 6) is 0.331. The Labute approximate surface area is 177 Å². The van der Waals surface area contributed by atoms with Crippen molar-refractivity contribution >= 4 is 34.7 Å². The van der Waals surface area contributed by atoms with E-state index in [9.17, 15) is 19.7 Å². The van der Waals surface area contributed by atoms with E-state index < -0.39 is 4.92 Å². The van der Waals surface area contributed by atoms with E-state index in [0.717, 1.165) is 22.9 Å². The molecule has 1 fully saturated rings. The summed E-state index contributed by atoms with van der Waals surface area (Å²) < 4.78 is 10.6. The Morgan fingerprint density at radius 1 is 1.10 bits per heavy atom. The Morgan fingerprint density at radius 3 is 2.43 bits per heavy atom. The van der Waals surface area contributed by atoms with E-state index in [1.807, 2.05) is 0 Å². The molecule has 0 bridgehead atoms. The maximum atomic E-state index is 12.4. The van der Waals surface area contributed by atoms with Gasteiger partial charge in [0.25, 0.3) is 16.8 Å². The highest BCUT2D eigenvalue weighted by Gasteiger charge is 2.34. The van der Waals surface area contributed by atoms with Crippen LogP contribution in [-0.4, -0.2) is 41.2 Å². The first-order valence-electron chi connectivity index (χ1n) is 9.18. The molecule has 156 valence electrons. The minimum absolute atomic E-state index is 0.0335. The lowest BCUT2D eigenvalue weighted by Gasteiger charge is -2.11. The summed E-state index contributed by atoms with van der Waals surface area (Å²) in [6.07, 6.45) is 2.28. The van der Waals surface area contributed by atoms with E-state index >= 15 is 0 Å². The van der Waals surface area contributed by atoms with E-state index in [-0.39, 0.29) is 23.4 Å². The van der Waals surface area contributed by atoms with Gasteiger partial charge in [0, 0.05) is 32.4 Å². The first kappa shape index (κ1) is 21.5. The quantitative estimate of drug-likeness (QED) is 0.255. The Kier molecular flexibility index (Phi) is 7.21. The second-order valence-electron chi connectivity index (χ2n) is 6.46. The van der Waals surface area contributed by atoms with Crippen LogP contribution in [0, 0.1) is 10.1 Å². The van der Waals surface area contributed by atoms with Gasteiger partial charge in [-0.25, -0.2) is 0 Å². The molecule has 0 N–H and O–H groups in total. The highest BCUT2D eigenvalue weighted by Crippen LogP contribution is 2.32. The summed E-state index contributed by atoms with van der Waals surface area (Å²) >= 11 is 0.928. The van der Waals surface area contributed by atoms with Gasteiger partial charge >= 0.3 is 0 Å². The predicted molar refractivity (Wildman–Crippen MR) is 113 cm³/mol. The number of imide groups is 1. The molecule has 1 aliphatic heterocycles. The fourth-order valence-corrected chi connectivity index (χ4v) is 3.62. The number of non-ortho nitro benzene ring substituents is 1. The van der Waals surface area contributed by atoms with Crippen LogP contribution in [-0.2, 0) is 16.1 Å². The first-order valence-corrected chi connectivity index (χ1v) is 10.00. The van der Waals surface area contributed by atoms with Crippen molar-refractivity contribution in [2.75, 3.05) is 20.3 Å².